The van der Waals surface area contributed by atoms with Crippen LogP contribution >= 0.6 is 11.6 Å². The smallest absolute Gasteiger partial charge is 0.119 e. The number of allylic oxidation sites excluding steroid dienone is 1. The van der Waals surface area contributed by atoms with Crippen LogP contribution in [0.15, 0.2) is 59.8 Å². The molecular weight excluding hydrogens is 286 g/mol. The van der Waals surface area contributed by atoms with E-state index in [-0.39, 0.29) is 0 Å². The van der Waals surface area contributed by atoms with Crippen molar-refractivity contribution in [3.8, 4) is 5.75 Å². The first-order valence-corrected chi connectivity index (χ1v) is 7.00. The van der Waals surface area contributed by atoms with Crippen LogP contribution in [0.1, 0.15) is 18.1 Å². The van der Waals surface area contributed by atoms with Gasteiger partial charge in [-0.2, -0.15) is 0 Å². The molecule has 1 N–H and O–H groups in total. The van der Waals surface area contributed by atoms with Crippen LogP contribution in [0.5, 0.6) is 5.75 Å². The van der Waals surface area contributed by atoms with Gasteiger partial charge < -0.3 is 9.94 Å². The van der Waals surface area contributed by atoms with E-state index in [1.807, 2.05) is 61.5 Å². The molecule has 0 aliphatic heterocycles. The maximum atomic E-state index is 8.86. The molecule has 0 aliphatic carbocycles. The van der Waals surface area contributed by atoms with Gasteiger partial charge in [0.1, 0.15) is 5.75 Å². The second-order valence-corrected chi connectivity index (χ2v) is 4.67. The van der Waals surface area contributed by atoms with Gasteiger partial charge in [0, 0.05) is 5.57 Å². The minimum Gasteiger partial charge on any atom is -0.494 e. The lowest BCUT2D eigenvalue weighted by molar-refractivity contribution is 0.322. The molecule has 21 heavy (non-hydrogen) atoms. The first-order chi connectivity index (χ1) is 10.3. The Bertz CT molecular complexity index is 634. The topological polar surface area (TPSA) is 41.8 Å². The first-order valence-electron chi connectivity index (χ1n) is 6.62. The lowest BCUT2D eigenvalue weighted by atomic mass is 10.0. The van der Waals surface area contributed by atoms with Crippen molar-refractivity contribution >= 4 is 28.4 Å². The van der Waals surface area contributed by atoms with Crippen molar-refractivity contribution in [2.45, 2.75) is 6.92 Å². The summed E-state index contributed by atoms with van der Waals surface area (Å²) in [5, 5.41) is 12.5. The van der Waals surface area contributed by atoms with Crippen molar-refractivity contribution in [2.24, 2.45) is 5.16 Å². The van der Waals surface area contributed by atoms with E-state index in [0.717, 1.165) is 16.9 Å². The largest absolute Gasteiger partial charge is 0.494 e. The Labute approximate surface area is 129 Å². The Kier molecular flexibility index (Phi) is 5.41. The van der Waals surface area contributed by atoms with Crippen LogP contribution in [0.3, 0.4) is 0 Å². The fraction of sp³-hybridized carbons (Fsp3) is 0.118. The molecule has 108 valence electrons. The number of halogens is 1. The average Bonchev–Trinajstić information content (AvgIpc) is 2.54. The van der Waals surface area contributed by atoms with Crippen LogP contribution in [0.25, 0.3) is 10.6 Å². The quantitative estimate of drug-likeness (QED) is 0.378. The van der Waals surface area contributed by atoms with E-state index in [9.17, 15) is 0 Å². The molecule has 0 saturated carbocycles. The highest BCUT2D eigenvalue weighted by molar-refractivity contribution is 6.56. The van der Waals surface area contributed by atoms with Crippen molar-refractivity contribution in [2.75, 3.05) is 6.61 Å². The van der Waals surface area contributed by atoms with Crippen molar-refractivity contribution < 1.29 is 9.94 Å². The summed E-state index contributed by atoms with van der Waals surface area (Å²) >= 11 is 6.45. The van der Waals surface area contributed by atoms with E-state index in [0.29, 0.717) is 17.2 Å². The standard InChI is InChI=1S/C17H16ClNO2/c1-2-21-15-10-8-14(9-11-15)17(18)16(12-19-20)13-6-4-3-5-7-13/h3-12,20H,2H2,1H3. The third-order valence-corrected chi connectivity index (χ3v) is 3.35. The molecule has 0 aromatic heterocycles. The Hall–Kier alpha value is -2.26. The third-order valence-electron chi connectivity index (χ3n) is 2.93. The number of nitrogens with zero attached hydrogens (tertiary/aromatic N) is 1. The zero-order valence-electron chi connectivity index (χ0n) is 11.7. The number of oxime groups is 1. The molecule has 0 bridgehead atoms. The van der Waals surface area contributed by atoms with E-state index >= 15 is 0 Å². The predicted octanol–water partition coefficient (Wildman–Crippen LogP) is 4.65. The summed E-state index contributed by atoms with van der Waals surface area (Å²) in [4.78, 5) is 0. The number of ether oxygens (including phenoxy) is 1. The highest BCUT2D eigenvalue weighted by atomic mass is 35.5. The predicted molar refractivity (Wildman–Crippen MR) is 87.0 cm³/mol. The number of rotatable bonds is 5. The molecule has 0 atom stereocenters. The molecule has 0 radical (unpaired) electrons. The van der Waals surface area contributed by atoms with Gasteiger partial charge in [-0.05, 0) is 42.3 Å². The van der Waals surface area contributed by atoms with Gasteiger partial charge in [0.05, 0.1) is 17.9 Å². The van der Waals surface area contributed by atoms with E-state index in [1.165, 1.54) is 6.21 Å². The normalized spacial score (nSPS) is 12.3. The van der Waals surface area contributed by atoms with Gasteiger partial charge >= 0.3 is 0 Å². The lowest BCUT2D eigenvalue weighted by Crippen LogP contribution is -1.92. The fourth-order valence-corrected chi connectivity index (χ4v) is 2.24. The molecule has 0 fully saturated rings. The van der Waals surface area contributed by atoms with Crippen LogP contribution in [-0.2, 0) is 0 Å². The van der Waals surface area contributed by atoms with Crippen LogP contribution in [-0.4, -0.2) is 18.0 Å². The van der Waals surface area contributed by atoms with Crippen molar-refractivity contribution in [3.63, 3.8) is 0 Å². The summed E-state index contributed by atoms with van der Waals surface area (Å²) in [5.74, 6) is 0.794. The number of hydrogen-bond donors (Lipinski definition) is 1. The molecule has 2 aromatic carbocycles. The average molecular weight is 302 g/mol. The number of hydrogen-bond acceptors (Lipinski definition) is 3. The molecular formula is C17H16ClNO2. The minimum atomic E-state index is 0.516. The Morgan fingerprint density at radius 2 is 1.76 bits per heavy atom. The zero-order valence-corrected chi connectivity index (χ0v) is 12.4. The van der Waals surface area contributed by atoms with Gasteiger partial charge in [0.15, 0.2) is 0 Å². The van der Waals surface area contributed by atoms with E-state index in [4.69, 9.17) is 21.5 Å². The summed E-state index contributed by atoms with van der Waals surface area (Å²) in [5.41, 5.74) is 2.37. The monoisotopic (exact) mass is 301 g/mol. The molecule has 2 rings (SSSR count). The SMILES string of the molecule is CCOc1ccc(C(Cl)=C(C=NO)c2ccccc2)cc1. The van der Waals surface area contributed by atoms with Gasteiger partial charge in [-0.15, -0.1) is 0 Å². The van der Waals surface area contributed by atoms with Gasteiger partial charge in [0.25, 0.3) is 0 Å². The van der Waals surface area contributed by atoms with Gasteiger partial charge in [-0.25, -0.2) is 0 Å². The molecule has 0 spiro atoms. The maximum Gasteiger partial charge on any atom is 0.119 e. The van der Waals surface area contributed by atoms with Crippen LogP contribution in [0.2, 0.25) is 0 Å². The van der Waals surface area contributed by atoms with Gasteiger partial charge in [-0.3, -0.25) is 0 Å². The molecule has 4 heteroatoms. The van der Waals surface area contributed by atoms with Crippen LogP contribution in [0.4, 0.5) is 0 Å². The highest BCUT2D eigenvalue weighted by Gasteiger charge is 2.08. The highest BCUT2D eigenvalue weighted by Crippen LogP contribution is 2.29. The number of benzene rings is 2. The molecule has 0 aliphatic rings. The van der Waals surface area contributed by atoms with Gasteiger partial charge in [-0.1, -0.05) is 47.1 Å². The second kappa shape index (κ2) is 7.50. The van der Waals surface area contributed by atoms with Crippen molar-refractivity contribution in [1.29, 1.82) is 0 Å². The minimum absolute atomic E-state index is 0.516. The van der Waals surface area contributed by atoms with E-state index < -0.39 is 0 Å². The Morgan fingerprint density at radius 1 is 1.10 bits per heavy atom. The van der Waals surface area contributed by atoms with Crippen LogP contribution < -0.4 is 4.74 Å². The summed E-state index contributed by atoms with van der Waals surface area (Å²) < 4.78 is 5.41. The lowest BCUT2D eigenvalue weighted by Gasteiger charge is -2.08. The summed E-state index contributed by atoms with van der Waals surface area (Å²) in [7, 11) is 0. The molecule has 0 unspecified atom stereocenters. The van der Waals surface area contributed by atoms with E-state index in [1.54, 1.807) is 0 Å². The molecule has 0 heterocycles. The Balaban J connectivity index is 2.42. The summed E-state index contributed by atoms with van der Waals surface area (Å²) in [6, 6.07) is 17.0. The van der Waals surface area contributed by atoms with Gasteiger partial charge in [0.2, 0.25) is 0 Å². The Morgan fingerprint density at radius 3 is 2.33 bits per heavy atom. The third kappa shape index (κ3) is 3.86. The molecule has 3 nitrogen and oxygen atoms in total. The van der Waals surface area contributed by atoms with E-state index in [2.05, 4.69) is 5.16 Å². The van der Waals surface area contributed by atoms with Crippen molar-refractivity contribution in [3.05, 3.63) is 65.7 Å². The second-order valence-electron chi connectivity index (χ2n) is 4.30. The first kappa shape index (κ1) is 15.1. The molecule has 2 aromatic rings. The molecule has 0 amide bonds. The van der Waals surface area contributed by atoms with Crippen molar-refractivity contribution in [1.82, 2.24) is 0 Å². The fourth-order valence-electron chi connectivity index (χ4n) is 1.95. The molecule has 0 saturated heterocycles. The zero-order chi connectivity index (χ0) is 15.1. The van der Waals surface area contributed by atoms with Crippen LogP contribution in [0, 0.1) is 0 Å². The summed E-state index contributed by atoms with van der Waals surface area (Å²) in [6.07, 6.45) is 1.34. The summed E-state index contributed by atoms with van der Waals surface area (Å²) in [6.45, 7) is 2.56. The maximum absolute atomic E-state index is 8.86.